The second-order valence-corrected chi connectivity index (χ2v) is 4.62. The van der Waals surface area contributed by atoms with Gasteiger partial charge in [-0.2, -0.15) is 0 Å². The van der Waals surface area contributed by atoms with Crippen molar-refractivity contribution in [1.29, 1.82) is 0 Å². The van der Waals surface area contributed by atoms with Crippen LogP contribution in [-0.2, 0) is 4.74 Å². The number of halogens is 1. The molecule has 0 radical (unpaired) electrons. The molecule has 15 heavy (non-hydrogen) atoms. The molecule has 1 aromatic rings. The van der Waals surface area contributed by atoms with Gasteiger partial charge in [0.25, 0.3) is 0 Å². The van der Waals surface area contributed by atoms with Crippen LogP contribution in [0.15, 0.2) is 42.5 Å². The summed E-state index contributed by atoms with van der Waals surface area (Å²) in [5.74, 6) is -0.258. The van der Waals surface area contributed by atoms with Gasteiger partial charge in [0.1, 0.15) is 6.10 Å². The van der Waals surface area contributed by atoms with E-state index in [1.165, 1.54) is 0 Å². The molecule has 0 aromatic heterocycles. The zero-order valence-electron chi connectivity index (χ0n) is 8.10. The van der Waals surface area contributed by atoms with Gasteiger partial charge in [-0.3, -0.25) is 0 Å². The fourth-order valence-corrected chi connectivity index (χ4v) is 2.04. The van der Waals surface area contributed by atoms with Crippen LogP contribution in [0.2, 0.25) is 0 Å². The van der Waals surface area contributed by atoms with E-state index in [4.69, 9.17) is 4.74 Å². The lowest BCUT2D eigenvalue weighted by atomic mass is 10.2. The number of allylic oxidation sites excluding steroid dienone is 1. The van der Waals surface area contributed by atoms with Gasteiger partial charge >= 0.3 is 5.97 Å². The van der Waals surface area contributed by atoms with E-state index in [9.17, 15) is 4.79 Å². The molecule has 1 aliphatic rings. The second kappa shape index (κ2) is 4.62. The van der Waals surface area contributed by atoms with Crippen molar-refractivity contribution in [3.63, 3.8) is 0 Å². The maximum Gasteiger partial charge on any atom is 0.338 e. The first kappa shape index (κ1) is 10.4. The minimum atomic E-state index is -0.258. The van der Waals surface area contributed by atoms with Crippen LogP contribution < -0.4 is 0 Å². The van der Waals surface area contributed by atoms with Crippen LogP contribution >= 0.6 is 15.9 Å². The van der Waals surface area contributed by atoms with Crippen LogP contribution in [0.4, 0.5) is 0 Å². The van der Waals surface area contributed by atoms with Gasteiger partial charge in [0.05, 0.1) is 5.56 Å². The summed E-state index contributed by atoms with van der Waals surface area (Å²) in [6.45, 7) is 0. The molecule has 0 aliphatic heterocycles. The van der Waals surface area contributed by atoms with Gasteiger partial charge in [0, 0.05) is 11.2 Å². The van der Waals surface area contributed by atoms with Crippen LogP contribution in [0, 0.1) is 0 Å². The highest BCUT2D eigenvalue weighted by Crippen LogP contribution is 2.21. The fraction of sp³-hybridized carbons (Fsp3) is 0.250. The second-order valence-electron chi connectivity index (χ2n) is 3.45. The molecule has 0 saturated carbocycles. The zero-order valence-corrected chi connectivity index (χ0v) is 9.68. The molecule has 1 aromatic carbocycles. The summed E-state index contributed by atoms with van der Waals surface area (Å²) in [5, 5.41) is 0. The van der Waals surface area contributed by atoms with Crippen LogP contribution in [0.3, 0.4) is 0 Å². The molecule has 0 saturated heterocycles. The normalized spacial score (nSPS) is 24.1. The highest BCUT2D eigenvalue weighted by molar-refractivity contribution is 9.09. The van der Waals surface area contributed by atoms with E-state index in [1.807, 2.05) is 30.4 Å². The van der Waals surface area contributed by atoms with E-state index in [-0.39, 0.29) is 12.1 Å². The summed E-state index contributed by atoms with van der Waals surface area (Å²) in [5.41, 5.74) is 0.601. The average molecular weight is 267 g/mol. The molecule has 1 aliphatic carbocycles. The van der Waals surface area contributed by atoms with Gasteiger partial charge in [0.2, 0.25) is 0 Å². The summed E-state index contributed by atoms with van der Waals surface area (Å²) in [6, 6.07) is 9.04. The van der Waals surface area contributed by atoms with Crippen molar-refractivity contribution in [2.24, 2.45) is 0 Å². The Morgan fingerprint density at radius 2 is 2.00 bits per heavy atom. The Hall–Kier alpha value is -1.09. The molecular formula is C12H11BrO2. The summed E-state index contributed by atoms with van der Waals surface area (Å²) in [6.07, 6.45) is 4.64. The molecular weight excluding hydrogens is 256 g/mol. The van der Waals surface area contributed by atoms with Crippen LogP contribution in [0.25, 0.3) is 0 Å². The van der Waals surface area contributed by atoms with Crippen molar-refractivity contribution in [3.8, 4) is 0 Å². The maximum absolute atomic E-state index is 11.6. The predicted octanol–water partition coefficient (Wildman–Crippen LogP) is 2.94. The molecule has 2 atom stereocenters. The van der Waals surface area contributed by atoms with Crippen molar-refractivity contribution in [1.82, 2.24) is 0 Å². The van der Waals surface area contributed by atoms with Gasteiger partial charge in [0.15, 0.2) is 0 Å². The van der Waals surface area contributed by atoms with E-state index in [0.717, 1.165) is 6.42 Å². The smallest absolute Gasteiger partial charge is 0.338 e. The lowest BCUT2D eigenvalue weighted by Gasteiger charge is -2.10. The van der Waals surface area contributed by atoms with Crippen molar-refractivity contribution in [3.05, 3.63) is 48.0 Å². The first-order valence-electron chi connectivity index (χ1n) is 4.84. The Labute approximate surface area is 97.1 Å². The Morgan fingerprint density at radius 1 is 1.27 bits per heavy atom. The first-order chi connectivity index (χ1) is 7.25. The highest BCUT2D eigenvalue weighted by atomic mass is 79.9. The van der Waals surface area contributed by atoms with Gasteiger partial charge in [-0.25, -0.2) is 4.79 Å². The number of rotatable bonds is 2. The lowest BCUT2D eigenvalue weighted by Crippen LogP contribution is -2.15. The number of benzene rings is 1. The Kier molecular flexibility index (Phi) is 3.21. The third-order valence-corrected chi connectivity index (χ3v) is 2.94. The summed E-state index contributed by atoms with van der Waals surface area (Å²) in [7, 11) is 0. The Bertz CT molecular complexity index is 372. The Morgan fingerprint density at radius 3 is 2.60 bits per heavy atom. The molecule has 0 N–H and O–H groups in total. The van der Waals surface area contributed by atoms with Gasteiger partial charge in [-0.1, -0.05) is 40.2 Å². The molecule has 78 valence electrons. The van der Waals surface area contributed by atoms with E-state index < -0.39 is 0 Å². The molecule has 0 heterocycles. The number of ether oxygens (including phenoxy) is 1. The highest BCUT2D eigenvalue weighted by Gasteiger charge is 2.20. The third-order valence-electron chi connectivity index (χ3n) is 2.26. The van der Waals surface area contributed by atoms with E-state index in [0.29, 0.717) is 10.4 Å². The van der Waals surface area contributed by atoms with Crippen molar-refractivity contribution in [2.45, 2.75) is 17.4 Å². The fourth-order valence-electron chi connectivity index (χ4n) is 1.49. The standard InChI is InChI=1S/C12H11BrO2/c13-10-6-7-11(8-10)15-12(14)9-4-2-1-3-5-9/h1-7,10-11H,8H2. The topological polar surface area (TPSA) is 26.3 Å². The maximum atomic E-state index is 11.6. The first-order valence-corrected chi connectivity index (χ1v) is 5.76. The van der Waals surface area contributed by atoms with Gasteiger partial charge in [-0.05, 0) is 18.2 Å². The largest absolute Gasteiger partial charge is 0.454 e. The number of hydrogen-bond acceptors (Lipinski definition) is 2. The molecule has 2 nitrogen and oxygen atoms in total. The van der Waals surface area contributed by atoms with E-state index in [2.05, 4.69) is 15.9 Å². The number of carbonyl (C=O) groups is 1. The third kappa shape index (κ3) is 2.69. The average Bonchev–Trinajstić information content (AvgIpc) is 2.65. The van der Waals surface area contributed by atoms with E-state index in [1.54, 1.807) is 12.1 Å². The van der Waals surface area contributed by atoms with Crippen LogP contribution in [-0.4, -0.2) is 16.9 Å². The molecule has 2 unspecified atom stereocenters. The molecule has 2 rings (SSSR count). The van der Waals surface area contributed by atoms with Gasteiger partial charge < -0.3 is 4.74 Å². The van der Waals surface area contributed by atoms with E-state index >= 15 is 0 Å². The predicted molar refractivity (Wildman–Crippen MR) is 62.1 cm³/mol. The van der Waals surface area contributed by atoms with Crippen LogP contribution in [0.5, 0.6) is 0 Å². The molecule has 3 heteroatoms. The summed E-state index contributed by atoms with van der Waals surface area (Å²) in [4.78, 5) is 12.0. The zero-order chi connectivity index (χ0) is 10.7. The van der Waals surface area contributed by atoms with Crippen molar-refractivity contribution in [2.75, 3.05) is 0 Å². The number of esters is 1. The summed E-state index contributed by atoms with van der Waals surface area (Å²) < 4.78 is 5.31. The minimum absolute atomic E-state index is 0.0953. The molecule has 0 spiro atoms. The molecule has 0 fully saturated rings. The lowest BCUT2D eigenvalue weighted by molar-refractivity contribution is 0.0397. The van der Waals surface area contributed by atoms with Gasteiger partial charge in [-0.15, -0.1) is 0 Å². The minimum Gasteiger partial charge on any atom is -0.454 e. The quantitative estimate of drug-likeness (QED) is 0.468. The monoisotopic (exact) mass is 266 g/mol. The van der Waals surface area contributed by atoms with Crippen molar-refractivity contribution >= 4 is 21.9 Å². The molecule has 0 amide bonds. The SMILES string of the molecule is O=C(OC1C=CC(Br)C1)c1ccccc1. The Balaban J connectivity index is 1.96. The molecule has 0 bridgehead atoms. The van der Waals surface area contributed by atoms with Crippen LogP contribution in [0.1, 0.15) is 16.8 Å². The number of carbonyl (C=O) groups excluding carboxylic acids is 1. The number of alkyl halides is 1. The van der Waals surface area contributed by atoms with Crippen molar-refractivity contribution < 1.29 is 9.53 Å². The number of hydrogen-bond donors (Lipinski definition) is 0. The summed E-state index contributed by atoms with van der Waals surface area (Å²) >= 11 is 3.45.